The molecule has 0 heterocycles. The van der Waals surface area contributed by atoms with Crippen LogP contribution in [-0.4, -0.2) is 46.2 Å². The second-order valence-electron chi connectivity index (χ2n) is 4.84. The third-order valence-electron chi connectivity index (χ3n) is 2.80. The van der Waals surface area contributed by atoms with Gasteiger partial charge in [-0.1, -0.05) is 0 Å². The van der Waals surface area contributed by atoms with Gasteiger partial charge in [-0.15, -0.1) is 0 Å². The molecule has 0 unspecified atom stereocenters. The highest BCUT2D eigenvalue weighted by Crippen LogP contribution is 2.17. The highest BCUT2D eigenvalue weighted by molar-refractivity contribution is 5.94. The van der Waals surface area contributed by atoms with Crippen molar-refractivity contribution in [1.29, 1.82) is 0 Å². The molecule has 128 valence electrons. The van der Waals surface area contributed by atoms with Crippen LogP contribution in [0.5, 0.6) is 11.5 Å². The summed E-state index contributed by atoms with van der Waals surface area (Å²) in [5, 5.41) is 25.9. The number of phenols is 2. The lowest BCUT2D eigenvalue weighted by Crippen LogP contribution is -2.21. The molecule has 0 saturated carbocycles. The van der Waals surface area contributed by atoms with Gasteiger partial charge >= 0.3 is 5.97 Å². The lowest BCUT2D eigenvalue weighted by molar-refractivity contribution is 0.0695. The Bertz CT molecular complexity index is 762. The van der Waals surface area contributed by atoms with E-state index in [2.05, 4.69) is 0 Å². The predicted molar refractivity (Wildman–Crippen MR) is 81.1 cm³/mol. The summed E-state index contributed by atoms with van der Waals surface area (Å²) in [7, 11) is 3.15. The maximum absolute atomic E-state index is 12.8. The predicted octanol–water partition coefficient (Wildman–Crippen LogP) is 2.46. The fourth-order valence-corrected chi connectivity index (χ4v) is 1.54. The number of aromatic hydroxyl groups is 2. The summed E-state index contributed by atoms with van der Waals surface area (Å²) in [5.41, 5.74) is 0.0422. The molecular weight excluding hydrogens is 324 g/mol. The molecule has 3 N–H and O–H groups in total. The standard InChI is InChI=1S/C9H10FNO2.C7H5FO3/c1-11(2)9(13)6-3-4-8(12)7(10)5-6;8-5-3-4(7(10)11)1-2-6(5)9/h3-5,12H,1-2H3;1-3,9H,(H,10,11). The van der Waals surface area contributed by atoms with Gasteiger partial charge in [-0.2, -0.15) is 0 Å². The van der Waals surface area contributed by atoms with Gasteiger partial charge in [-0.05, 0) is 36.4 Å². The number of phenolic OH excluding ortho intramolecular Hbond substituents is 2. The number of carboxylic acids is 1. The van der Waals surface area contributed by atoms with Gasteiger partial charge in [0.15, 0.2) is 23.1 Å². The van der Waals surface area contributed by atoms with Gasteiger partial charge < -0.3 is 20.2 Å². The van der Waals surface area contributed by atoms with Crippen molar-refractivity contribution in [2.75, 3.05) is 14.1 Å². The smallest absolute Gasteiger partial charge is 0.335 e. The number of nitrogens with zero attached hydrogens (tertiary/aromatic N) is 1. The SMILES string of the molecule is CN(C)C(=O)c1ccc(O)c(F)c1.O=C(O)c1ccc(O)c(F)c1. The van der Waals surface area contributed by atoms with Crippen LogP contribution in [0.15, 0.2) is 36.4 Å². The first-order chi connectivity index (χ1) is 11.1. The van der Waals surface area contributed by atoms with Crippen LogP contribution in [0.1, 0.15) is 20.7 Å². The summed E-state index contributed by atoms with van der Waals surface area (Å²) in [6, 6.07) is 6.43. The maximum atomic E-state index is 12.8. The molecule has 24 heavy (non-hydrogen) atoms. The molecule has 8 heteroatoms. The van der Waals surface area contributed by atoms with Gasteiger partial charge in [-0.25, -0.2) is 13.6 Å². The first-order valence-electron chi connectivity index (χ1n) is 6.55. The van der Waals surface area contributed by atoms with Crippen LogP contribution in [-0.2, 0) is 0 Å². The van der Waals surface area contributed by atoms with Crippen molar-refractivity contribution in [3.05, 3.63) is 59.2 Å². The lowest BCUT2D eigenvalue weighted by Gasteiger charge is -2.09. The van der Waals surface area contributed by atoms with E-state index in [4.69, 9.17) is 15.3 Å². The Hall–Kier alpha value is -3.16. The lowest BCUT2D eigenvalue weighted by atomic mass is 10.2. The first kappa shape index (κ1) is 18.9. The zero-order valence-electron chi connectivity index (χ0n) is 12.8. The van der Waals surface area contributed by atoms with Crippen molar-refractivity contribution in [2.24, 2.45) is 0 Å². The van der Waals surface area contributed by atoms with E-state index in [0.717, 1.165) is 30.3 Å². The first-order valence-corrected chi connectivity index (χ1v) is 6.55. The van der Waals surface area contributed by atoms with E-state index >= 15 is 0 Å². The van der Waals surface area contributed by atoms with Crippen molar-refractivity contribution in [3.63, 3.8) is 0 Å². The summed E-state index contributed by atoms with van der Waals surface area (Å²) in [6.45, 7) is 0. The molecule has 0 aliphatic heterocycles. The van der Waals surface area contributed by atoms with E-state index in [1.807, 2.05) is 0 Å². The van der Waals surface area contributed by atoms with Crippen LogP contribution >= 0.6 is 0 Å². The molecule has 0 atom stereocenters. The summed E-state index contributed by atoms with van der Waals surface area (Å²) in [5.74, 6) is -4.22. The molecule has 0 fully saturated rings. The third-order valence-corrected chi connectivity index (χ3v) is 2.80. The van der Waals surface area contributed by atoms with Gasteiger partial charge in [0.2, 0.25) is 0 Å². The van der Waals surface area contributed by atoms with Crippen LogP contribution in [0.2, 0.25) is 0 Å². The fourth-order valence-electron chi connectivity index (χ4n) is 1.54. The molecule has 2 aromatic rings. The molecule has 1 amide bonds. The maximum Gasteiger partial charge on any atom is 0.335 e. The normalized spacial score (nSPS) is 9.67. The Labute approximate surface area is 136 Å². The topological polar surface area (TPSA) is 98.1 Å². The van der Waals surface area contributed by atoms with Crippen LogP contribution in [0.25, 0.3) is 0 Å². The van der Waals surface area contributed by atoms with Crippen molar-refractivity contribution in [2.45, 2.75) is 0 Å². The summed E-state index contributed by atoms with van der Waals surface area (Å²) in [6.07, 6.45) is 0. The average molecular weight is 339 g/mol. The molecule has 0 saturated heterocycles. The molecule has 0 bridgehead atoms. The summed E-state index contributed by atoms with van der Waals surface area (Å²) in [4.78, 5) is 22.8. The molecule has 0 spiro atoms. The molecule has 0 radical (unpaired) electrons. The van der Waals surface area contributed by atoms with Gasteiger partial charge in [0, 0.05) is 19.7 Å². The van der Waals surface area contributed by atoms with Crippen LogP contribution in [0, 0.1) is 11.6 Å². The Balaban J connectivity index is 0.000000243. The highest BCUT2D eigenvalue weighted by Gasteiger charge is 2.10. The molecule has 2 aromatic carbocycles. The zero-order valence-corrected chi connectivity index (χ0v) is 12.8. The Morgan fingerprint density at radius 3 is 1.67 bits per heavy atom. The van der Waals surface area contributed by atoms with E-state index in [1.54, 1.807) is 14.1 Å². The van der Waals surface area contributed by atoms with Gasteiger partial charge in [0.05, 0.1) is 5.56 Å². The van der Waals surface area contributed by atoms with Crippen molar-refractivity contribution >= 4 is 11.9 Å². The number of halogens is 2. The quantitative estimate of drug-likeness (QED) is 0.781. The number of aromatic carboxylic acids is 1. The minimum Gasteiger partial charge on any atom is -0.505 e. The average Bonchev–Trinajstić information content (AvgIpc) is 2.52. The monoisotopic (exact) mass is 339 g/mol. The Morgan fingerprint density at radius 2 is 1.29 bits per heavy atom. The Kier molecular flexibility index (Phi) is 6.22. The Morgan fingerprint density at radius 1 is 0.875 bits per heavy atom. The molecule has 6 nitrogen and oxygen atoms in total. The van der Waals surface area contributed by atoms with E-state index in [0.29, 0.717) is 0 Å². The molecule has 0 aliphatic carbocycles. The van der Waals surface area contributed by atoms with E-state index in [-0.39, 0.29) is 17.0 Å². The second-order valence-corrected chi connectivity index (χ2v) is 4.84. The summed E-state index contributed by atoms with van der Waals surface area (Å²) >= 11 is 0. The van der Waals surface area contributed by atoms with Gasteiger partial charge in [-0.3, -0.25) is 4.79 Å². The largest absolute Gasteiger partial charge is 0.505 e. The second kappa shape index (κ2) is 7.91. The van der Waals surface area contributed by atoms with E-state index < -0.39 is 29.1 Å². The summed E-state index contributed by atoms with van der Waals surface area (Å²) < 4.78 is 25.2. The number of amides is 1. The minimum absolute atomic E-state index is 0.180. The third kappa shape index (κ3) is 4.94. The van der Waals surface area contributed by atoms with E-state index in [9.17, 15) is 18.4 Å². The van der Waals surface area contributed by atoms with Crippen molar-refractivity contribution in [3.8, 4) is 11.5 Å². The number of hydrogen-bond donors (Lipinski definition) is 3. The minimum atomic E-state index is -1.22. The van der Waals surface area contributed by atoms with Crippen molar-refractivity contribution < 1.29 is 33.7 Å². The van der Waals surface area contributed by atoms with Gasteiger partial charge in [0.25, 0.3) is 5.91 Å². The van der Waals surface area contributed by atoms with Crippen molar-refractivity contribution in [1.82, 2.24) is 4.90 Å². The van der Waals surface area contributed by atoms with Crippen LogP contribution in [0.3, 0.4) is 0 Å². The van der Waals surface area contributed by atoms with Gasteiger partial charge in [0.1, 0.15) is 0 Å². The number of carbonyl (C=O) groups is 2. The number of benzene rings is 2. The van der Waals surface area contributed by atoms with E-state index in [1.165, 1.54) is 11.0 Å². The molecule has 0 aromatic heterocycles. The molecular formula is C16H15F2NO5. The number of rotatable bonds is 2. The van der Waals surface area contributed by atoms with Crippen LogP contribution < -0.4 is 0 Å². The fraction of sp³-hybridized carbons (Fsp3) is 0.125. The van der Waals surface area contributed by atoms with Crippen LogP contribution in [0.4, 0.5) is 8.78 Å². The number of carbonyl (C=O) groups excluding carboxylic acids is 1. The number of carboxylic acid groups (broad SMARTS) is 1. The number of hydrogen-bond acceptors (Lipinski definition) is 4. The highest BCUT2D eigenvalue weighted by atomic mass is 19.1. The molecule has 2 rings (SSSR count). The zero-order chi connectivity index (χ0) is 18.4. The molecule has 0 aliphatic rings.